The molecule has 102 valence electrons. The van der Waals surface area contributed by atoms with Gasteiger partial charge in [-0.15, -0.1) is 0 Å². The Hall–Kier alpha value is -2.38. The minimum absolute atomic E-state index is 0.516. The first-order valence-electron chi connectivity index (χ1n) is 6.50. The van der Waals surface area contributed by atoms with Crippen LogP contribution < -0.4 is 0 Å². The van der Waals surface area contributed by atoms with E-state index in [1.54, 1.807) is 0 Å². The van der Waals surface area contributed by atoms with E-state index in [0.717, 1.165) is 26.6 Å². The van der Waals surface area contributed by atoms with Crippen LogP contribution in [-0.2, 0) is 0 Å². The van der Waals surface area contributed by atoms with Gasteiger partial charge >= 0.3 is 0 Å². The molecule has 1 heterocycles. The highest BCUT2D eigenvalue weighted by molar-refractivity contribution is 9.10. The third kappa shape index (κ3) is 2.74. The average Bonchev–Trinajstić information content (AvgIpc) is 2.92. The minimum atomic E-state index is 0.516. The number of allylic oxidation sites excluding steroid dienone is 1. The lowest BCUT2D eigenvalue weighted by atomic mass is 10.1. The molecule has 21 heavy (non-hydrogen) atoms. The fourth-order valence-corrected chi connectivity index (χ4v) is 2.50. The Bertz CT molecular complexity index is 851. The summed E-state index contributed by atoms with van der Waals surface area (Å²) in [5.74, 6) is 0.593. The van der Waals surface area contributed by atoms with Crippen molar-refractivity contribution in [2.45, 2.75) is 6.92 Å². The summed E-state index contributed by atoms with van der Waals surface area (Å²) < 4.78 is 1.03. The Balaban J connectivity index is 2.06. The number of halogens is 1. The number of fused-ring (bicyclic) bond motifs is 1. The normalized spacial score (nSPS) is 11.6. The highest BCUT2D eigenvalue weighted by atomic mass is 79.9. The van der Waals surface area contributed by atoms with Crippen molar-refractivity contribution in [2.24, 2.45) is 0 Å². The molecule has 0 bridgehead atoms. The number of nitrogens with one attached hydrogen (secondary N) is 1. The number of hydrogen-bond acceptors (Lipinski definition) is 2. The van der Waals surface area contributed by atoms with Crippen LogP contribution in [0.2, 0.25) is 0 Å². The summed E-state index contributed by atoms with van der Waals surface area (Å²) in [6, 6.07) is 16.0. The van der Waals surface area contributed by atoms with Crippen molar-refractivity contribution in [1.29, 1.82) is 5.26 Å². The predicted octanol–water partition coefficient (Wildman–Crippen LogP) is 4.70. The maximum Gasteiger partial charge on any atom is 0.149 e. The second-order valence-electron chi connectivity index (χ2n) is 4.78. The van der Waals surface area contributed by atoms with Crippen molar-refractivity contribution >= 4 is 38.6 Å². The Morgan fingerprint density at radius 2 is 2.10 bits per heavy atom. The van der Waals surface area contributed by atoms with Gasteiger partial charge in [0.05, 0.1) is 16.6 Å². The number of hydrogen-bond donors (Lipinski definition) is 1. The molecule has 3 nitrogen and oxygen atoms in total. The number of aromatic nitrogens is 2. The molecule has 1 aromatic heterocycles. The van der Waals surface area contributed by atoms with Crippen molar-refractivity contribution in [2.75, 3.05) is 0 Å². The van der Waals surface area contributed by atoms with E-state index in [2.05, 4.69) is 32.0 Å². The summed E-state index contributed by atoms with van der Waals surface area (Å²) >= 11 is 3.51. The van der Waals surface area contributed by atoms with E-state index >= 15 is 0 Å². The zero-order valence-corrected chi connectivity index (χ0v) is 13.0. The van der Waals surface area contributed by atoms with Gasteiger partial charge in [-0.25, -0.2) is 4.98 Å². The van der Waals surface area contributed by atoms with Gasteiger partial charge < -0.3 is 4.98 Å². The second kappa shape index (κ2) is 5.55. The quantitative estimate of drug-likeness (QED) is 0.689. The van der Waals surface area contributed by atoms with Gasteiger partial charge in [0.1, 0.15) is 11.9 Å². The zero-order valence-electron chi connectivity index (χ0n) is 11.4. The molecule has 0 aliphatic carbocycles. The van der Waals surface area contributed by atoms with Crippen LogP contribution in [0.4, 0.5) is 0 Å². The van der Waals surface area contributed by atoms with Crippen molar-refractivity contribution in [3.05, 3.63) is 63.9 Å². The lowest BCUT2D eigenvalue weighted by Gasteiger charge is -2.00. The van der Waals surface area contributed by atoms with Gasteiger partial charge in [0.25, 0.3) is 0 Å². The number of aromatic amines is 1. The fraction of sp³-hybridized carbons (Fsp3) is 0.0588. The molecule has 0 unspecified atom stereocenters. The molecule has 4 heteroatoms. The molecule has 0 spiro atoms. The Morgan fingerprint density at radius 3 is 2.81 bits per heavy atom. The summed E-state index contributed by atoms with van der Waals surface area (Å²) in [4.78, 5) is 7.64. The number of nitrogens with zero attached hydrogens (tertiary/aromatic N) is 2. The summed E-state index contributed by atoms with van der Waals surface area (Å²) in [7, 11) is 0. The average molecular weight is 338 g/mol. The first-order chi connectivity index (χ1) is 10.2. The number of nitriles is 1. The largest absolute Gasteiger partial charge is 0.337 e. The van der Waals surface area contributed by atoms with E-state index in [-0.39, 0.29) is 0 Å². The van der Waals surface area contributed by atoms with Crippen LogP contribution in [-0.4, -0.2) is 9.97 Å². The van der Waals surface area contributed by atoms with Crippen molar-refractivity contribution < 1.29 is 0 Å². The fourth-order valence-electron chi connectivity index (χ4n) is 2.10. The number of H-pyrrole nitrogens is 1. The molecule has 0 radical (unpaired) electrons. The van der Waals surface area contributed by atoms with Crippen LogP contribution in [0.15, 0.2) is 46.9 Å². The monoisotopic (exact) mass is 337 g/mol. The van der Waals surface area contributed by atoms with Gasteiger partial charge in [-0.3, -0.25) is 0 Å². The smallest absolute Gasteiger partial charge is 0.149 e. The lowest BCUT2D eigenvalue weighted by molar-refractivity contribution is 1.27. The summed E-state index contributed by atoms with van der Waals surface area (Å²) in [6.45, 7) is 2.03. The highest BCUT2D eigenvalue weighted by Crippen LogP contribution is 2.22. The third-order valence-electron chi connectivity index (χ3n) is 3.27. The number of imidazole rings is 1. The number of benzene rings is 2. The lowest BCUT2D eigenvalue weighted by Crippen LogP contribution is -1.85. The first kappa shape index (κ1) is 13.6. The van der Waals surface area contributed by atoms with Crippen LogP contribution >= 0.6 is 15.9 Å². The Morgan fingerprint density at radius 1 is 1.29 bits per heavy atom. The third-order valence-corrected chi connectivity index (χ3v) is 4.13. The van der Waals surface area contributed by atoms with E-state index in [0.29, 0.717) is 11.4 Å². The van der Waals surface area contributed by atoms with Gasteiger partial charge in [0.2, 0.25) is 0 Å². The standard InChI is InChI=1S/C17H12BrN3/c1-11-6-7-12(9-14(11)18)8-13(10-19)17-20-15-4-2-3-5-16(15)21-17/h2-9H,1H3,(H,20,21). The molecule has 0 amide bonds. The van der Waals surface area contributed by atoms with Crippen molar-refractivity contribution in [3.63, 3.8) is 0 Å². The predicted molar refractivity (Wildman–Crippen MR) is 88.5 cm³/mol. The van der Waals surface area contributed by atoms with E-state index < -0.39 is 0 Å². The van der Waals surface area contributed by atoms with Crippen LogP contribution in [0.3, 0.4) is 0 Å². The van der Waals surface area contributed by atoms with Crippen molar-refractivity contribution in [3.8, 4) is 6.07 Å². The first-order valence-corrected chi connectivity index (χ1v) is 7.30. The molecule has 0 fully saturated rings. The van der Waals surface area contributed by atoms with E-state index in [4.69, 9.17) is 0 Å². The molecule has 1 N–H and O–H groups in total. The molecular formula is C17H12BrN3. The minimum Gasteiger partial charge on any atom is -0.337 e. The van der Waals surface area contributed by atoms with E-state index in [1.807, 2.05) is 55.5 Å². The second-order valence-corrected chi connectivity index (χ2v) is 5.64. The molecule has 2 aromatic carbocycles. The molecule has 0 aliphatic rings. The molecule has 3 aromatic rings. The SMILES string of the molecule is Cc1ccc(C=C(C#N)c2nc3ccccc3[nH]2)cc1Br. The van der Waals surface area contributed by atoms with E-state index in [9.17, 15) is 5.26 Å². The number of para-hydroxylation sites is 2. The number of rotatable bonds is 2. The molecule has 0 saturated carbocycles. The molecule has 0 aliphatic heterocycles. The maximum absolute atomic E-state index is 9.40. The van der Waals surface area contributed by atoms with Gasteiger partial charge in [0.15, 0.2) is 0 Å². The van der Waals surface area contributed by atoms with Gasteiger partial charge in [0, 0.05) is 4.47 Å². The maximum atomic E-state index is 9.40. The van der Waals surface area contributed by atoms with Crippen LogP contribution in [0, 0.1) is 18.3 Å². The zero-order chi connectivity index (χ0) is 14.8. The van der Waals surface area contributed by atoms with Gasteiger partial charge in [-0.05, 0) is 42.3 Å². The van der Waals surface area contributed by atoms with Gasteiger partial charge in [-0.2, -0.15) is 5.26 Å². The molecule has 3 rings (SSSR count). The number of aryl methyl sites for hydroxylation is 1. The molecule has 0 atom stereocenters. The van der Waals surface area contributed by atoms with Crippen LogP contribution in [0.25, 0.3) is 22.7 Å². The van der Waals surface area contributed by atoms with Crippen LogP contribution in [0.5, 0.6) is 0 Å². The van der Waals surface area contributed by atoms with E-state index in [1.165, 1.54) is 0 Å². The summed E-state index contributed by atoms with van der Waals surface area (Å²) in [5, 5.41) is 9.40. The topological polar surface area (TPSA) is 52.5 Å². The van der Waals surface area contributed by atoms with Crippen molar-refractivity contribution in [1.82, 2.24) is 9.97 Å². The highest BCUT2D eigenvalue weighted by Gasteiger charge is 2.07. The summed E-state index contributed by atoms with van der Waals surface area (Å²) in [6.07, 6.45) is 1.84. The van der Waals surface area contributed by atoms with Crippen LogP contribution in [0.1, 0.15) is 17.0 Å². The molecule has 0 saturated heterocycles. The Kier molecular flexibility index (Phi) is 3.59. The summed E-state index contributed by atoms with van der Waals surface area (Å²) in [5.41, 5.74) is 4.43. The molecular weight excluding hydrogens is 326 g/mol. The van der Waals surface area contributed by atoms with Gasteiger partial charge in [-0.1, -0.05) is 40.2 Å². The Labute approximate surface area is 131 Å².